The fourth-order valence-corrected chi connectivity index (χ4v) is 3.55. The second-order valence-electron chi connectivity index (χ2n) is 7.50. The lowest BCUT2D eigenvalue weighted by molar-refractivity contribution is 0.388. The summed E-state index contributed by atoms with van der Waals surface area (Å²) in [5.41, 5.74) is 19.7. The van der Waals surface area contributed by atoms with E-state index in [1.807, 2.05) is 37.3 Å². The van der Waals surface area contributed by atoms with Gasteiger partial charge in [0.1, 0.15) is 23.2 Å². The van der Waals surface area contributed by atoms with Gasteiger partial charge in [0.15, 0.2) is 0 Å². The Morgan fingerprint density at radius 2 is 1.37 bits per heavy atom. The minimum atomic E-state index is 0. The maximum atomic E-state index is 6.04. The molecule has 0 unspecified atom stereocenters. The van der Waals surface area contributed by atoms with Gasteiger partial charge in [0, 0.05) is 28.7 Å². The molecular formula is C24H38Cl2N6O3. The molecule has 0 bridgehead atoms. The van der Waals surface area contributed by atoms with Crippen molar-refractivity contribution in [1.82, 2.24) is 10.9 Å². The van der Waals surface area contributed by atoms with Gasteiger partial charge in [-0.15, -0.1) is 0 Å². The highest BCUT2D eigenvalue weighted by atomic mass is 35.5. The first-order chi connectivity index (χ1) is 16.2. The number of nitrogens with two attached hydrogens (primary N) is 2. The van der Waals surface area contributed by atoms with Gasteiger partial charge in [-0.1, -0.05) is 29.3 Å². The Labute approximate surface area is 218 Å². The Hall–Kier alpha value is -2.88. The van der Waals surface area contributed by atoms with Crippen LogP contribution in [0.1, 0.15) is 37.0 Å². The third-order valence-corrected chi connectivity index (χ3v) is 5.33. The molecule has 2 aromatic rings. The van der Waals surface area contributed by atoms with Gasteiger partial charge in [0.05, 0.1) is 14.2 Å². The van der Waals surface area contributed by atoms with Crippen LogP contribution in [0.2, 0.25) is 10.0 Å². The molecule has 11 heteroatoms. The smallest absolute Gasteiger partial charge is 0.125 e. The molecule has 0 fully saturated rings. The van der Waals surface area contributed by atoms with Crippen molar-refractivity contribution in [2.75, 3.05) is 27.3 Å². The molecule has 0 saturated heterocycles. The van der Waals surface area contributed by atoms with E-state index < -0.39 is 0 Å². The standard InChI is InChI=1S/C13H21N3O2.C11H15Cl2N3.H2O/c1-9-12(17-3)7-11(8-13(9)18-4)5-6-15-16-10(2)14;1-8(14)16-15-7-3-4-9-10(12)5-2-6-11(9)13;/h7-8,15H,5-6H2,1-4H3,(H2,14,16);2,5-6,15H,3-4,7H2,1H3,(H2,14,16);1H2. The molecule has 2 aromatic carbocycles. The number of nitrogens with zero attached hydrogens (tertiary/aromatic N) is 2. The summed E-state index contributed by atoms with van der Waals surface area (Å²) >= 11 is 12.1. The van der Waals surface area contributed by atoms with E-state index in [2.05, 4.69) is 21.1 Å². The van der Waals surface area contributed by atoms with Crippen LogP contribution in [0.15, 0.2) is 40.5 Å². The molecule has 0 heterocycles. The minimum absolute atomic E-state index is 0. The number of nitrogens with one attached hydrogen (secondary N) is 2. The van der Waals surface area contributed by atoms with E-state index in [0.717, 1.165) is 54.0 Å². The highest BCUT2D eigenvalue weighted by molar-refractivity contribution is 6.35. The molecule has 0 aliphatic rings. The number of amidine groups is 2. The molecule has 0 radical (unpaired) electrons. The number of methoxy groups -OCH3 is 2. The van der Waals surface area contributed by atoms with Crippen molar-refractivity contribution in [3.8, 4) is 11.5 Å². The van der Waals surface area contributed by atoms with Crippen molar-refractivity contribution in [3.05, 3.63) is 57.1 Å². The summed E-state index contributed by atoms with van der Waals surface area (Å²) in [4.78, 5) is 0. The molecule has 196 valence electrons. The van der Waals surface area contributed by atoms with Gasteiger partial charge in [0.25, 0.3) is 0 Å². The highest BCUT2D eigenvalue weighted by Crippen LogP contribution is 2.29. The van der Waals surface area contributed by atoms with Crippen molar-refractivity contribution in [2.24, 2.45) is 21.7 Å². The minimum Gasteiger partial charge on any atom is -0.496 e. The molecule has 9 nitrogen and oxygen atoms in total. The van der Waals surface area contributed by atoms with Crippen LogP contribution in [0.5, 0.6) is 11.5 Å². The molecular weight excluding hydrogens is 491 g/mol. The zero-order valence-electron chi connectivity index (χ0n) is 21.0. The van der Waals surface area contributed by atoms with E-state index in [0.29, 0.717) is 28.3 Å². The number of halogens is 2. The predicted molar refractivity (Wildman–Crippen MR) is 147 cm³/mol. The lowest BCUT2D eigenvalue weighted by Gasteiger charge is -2.12. The van der Waals surface area contributed by atoms with Gasteiger partial charge in [-0.2, -0.15) is 10.2 Å². The lowest BCUT2D eigenvalue weighted by atomic mass is 10.1. The summed E-state index contributed by atoms with van der Waals surface area (Å²) in [6.45, 7) is 6.91. The number of hydrazone groups is 2. The highest BCUT2D eigenvalue weighted by Gasteiger charge is 2.08. The fourth-order valence-electron chi connectivity index (χ4n) is 2.96. The normalized spacial score (nSPS) is 11.1. The van der Waals surface area contributed by atoms with Crippen LogP contribution in [-0.4, -0.2) is 44.5 Å². The maximum Gasteiger partial charge on any atom is 0.125 e. The first-order valence-electron chi connectivity index (χ1n) is 10.9. The first kappa shape index (κ1) is 32.1. The van der Waals surface area contributed by atoms with Crippen molar-refractivity contribution >= 4 is 34.9 Å². The average molecular weight is 530 g/mol. The SMILES string of the molecule is CC(N)=NNCCCc1c(Cl)cccc1Cl.COc1cc(CCNN=C(C)N)cc(OC)c1C.O. The molecule has 0 aliphatic heterocycles. The molecule has 0 saturated carbocycles. The van der Waals surface area contributed by atoms with Gasteiger partial charge >= 0.3 is 0 Å². The van der Waals surface area contributed by atoms with E-state index in [9.17, 15) is 0 Å². The van der Waals surface area contributed by atoms with Crippen LogP contribution in [0, 0.1) is 6.92 Å². The van der Waals surface area contributed by atoms with Crippen molar-refractivity contribution in [1.29, 1.82) is 0 Å². The summed E-state index contributed by atoms with van der Waals surface area (Å²) in [5.74, 6) is 2.72. The Morgan fingerprint density at radius 1 is 0.886 bits per heavy atom. The largest absolute Gasteiger partial charge is 0.496 e. The molecule has 0 spiro atoms. The van der Waals surface area contributed by atoms with Crippen LogP contribution >= 0.6 is 23.2 Å². The van der Waals surface area contributed by atoms with Crippen LogP contribution < -0.4 is 31.8 Å². The van der Waals surface area contributed by atoms with Crippen LogP contribution in [0.25, 0.3) is 0 Å². The third-order valence-electron chi connectivity index (χ3n) is 4.63. The Balaban J connectivity index is 0.000000646. The topological polar surface area (TPSA) is 151 Å². The molecule has 0 aliphatic carbocycles. The second-order valence-corrected chi connectivity index (χ2v) is 8.32. The van der Waals surface area contributed by atoms with Gasteiger partial charge < -0.3 is 37.3 Å². The lowest BCUT2D eigenvalue weighted by Crippen LogP contribution is -2.16. The third kappa shape index (κ3) is 12.4. The maximum absolute atomic E-state index is 6.04. The van der Waals surface area contributed by atoms with Crippen LogP contribution in [0.4, 0.5) is 0 Å². The molecule has 0 aromatic heterocycles. The second kappa shape index (κ2) is 17.5. The van der Waals surface area contributed by atoms with Gasteiger partial charge in [-0.3, -0.25) is 0 Å². The summed E-state index contributed by atoms with van der Waals surface area (Å²) in [6, 6.07) is 9.56. The number of benzene rings is 2. The van der Waals surface area contributed by atoms with Crippen molar-refractivity contribution in [3.63, 3.8) is 0 Å². The zero-order valence-corrected chi connectivity index (χ0v) is 22.6. The molecule has 2 rings (SSSR count). The number of rotatable bonds is 11. The van der Waals surface area contributed by atoms with Gasteiger partial charge in [-0.05, 0) is 75.4 Å². The molecule has 35 heavy (non-hydrogen) atoms. The number of hydrogen-bond acceptors (Lipinski definition) is 6. The van der Waals surface area contributed by atoms with E-state index in [4.69, 9.17) is 44.1 Å². The van der Waals surface area contributed by atoms with Crippen molar-refractivity contribution < 1.29 is 14.9 Å². The Morgan fingerprint density at radius 3 is 1.83 bits per heavy atom. The van der Waals surface area contributed by atoms with Crippen LogP contribution in [-0.2, 0) is 12.8 Å². The summed E-state index contributed by atoms with van der Waals surface area (Å²) in [5, 5.41) is 9.23. The Bertz CT molecular complexity index is 917. The van der Waals surface area contributed by atoms with Gasteiger partial charge in [0.2, 0.25) is 0 Å². The van der Waals surface area contributed by atoms with E-state index >= 15 is 0 Å². The van der Waals surface area contributed by atoms with E-state index in [1.165, 1.54) is 0 Å². The Kier molecular flexibility index (Phi) is 16.1. The molecule has 0 atom stereocenters. The van der Waals surface area contributed by atoms with E-state index in [1.54, 1.807) is 28.1 Å². The summed E-state index contributed by atoms with van der Waals surface area (Å²) in [6.07, 6.45) is 2.55. The first-order valence-corrected chi connectivity index (χ1v) is 11.6. The predicted octanol–water partition coefficient (Wildman–Crippen LogP) is 3.42. The molecule has 0 amide bonds. The van der Waals surface area contributed by atoms with Crippen molar-refractivity contribution in [2.45, 2.75) is 40.0 Å². The number of ether oxygens (including phenoxy) is 2. The number of hydrogen-bond donors (Lipinski definition) is 4. The fraction of sp³-hybridized carbons (Fsp3) is 0.417. The summed E-state index contributed by atoms with van der Waals surface area (Å²) in [7, 11) is 3.32. The monoisotopic (exact) mass is 528 g/mol. The zero-order chi connectivity index (χ0) is 25.5. The van der Waals surface area contributed by atoms with Crippen LogP contribution in [0.3, 0.4) is 0 Å². The molecule has 8 N–H and O–H groups in total. The average Bonchev–Trinajstić information content (AvgIpc) is 2.79. The van der Waals surface area contributed by atoms with E-state index in [-0.39, 0.29) is 5.48 Å². The van der Waals surface area contributed by atoms with Gasteiger partial charge in [-0.25, -0.2) is 0 Å². The quantitative estimate of drug-likeness (QED) is 0.152. The summed E-state index contributed by atoms with van der Waals surface area (Å²) < 4.78 is 10.6.